The molecule has 170 valence electrons. The van der Waals surface area contributed by atoms with E-state index in [9.17, 15) is 16.8 Å². The largest absolute Gasteiger partial charge is 0.495 e. The minimum absolute atomic E-state index is 0.00156. The minimum Gasteiger partial charge on any atom is -0.495 e. The Hall–Kier alpha value is -1.56. The lowest BCUT2D eigenvalue weighted by atomic mass is 10.3. The Labute approximate surface area is 192 Å². The number of hydrogen-bond donors (Lipinski definition) is 0. The Morgan fingerprint density at radius 1 is 0.839 bits per heavy atom. The van der Waals surface area contributed by atoms with E-state index in [0.717, 1.165) is 0 Å². The Kier molecular flexibility index (Phi) is 7.09. The van der Waals surface area contributed by atoms with Crippen LogP contribution in [0.1, 0.15) is 6.92 Å². The van der Waals surface area contributed by atoms with Crippen molar-refractivity contribution in [2.24, 2.45) is 0 Å². The highest BCUT2D eigenvalue weighted by Crippen LogP contribution is 2.32. The molecule has 3 rings (SSSR count). The van der Waals surface area contributed by atoms with Gasteiger partial charge in [-0.25, -0.2) is 16.8 Å². The Morgan fingerprint density at radius 3 is 1.77 bits per heavy atom. The van der Waals surface area contributed by atoms with E-state index in [1.807, 2.05) is 0 Å². The Morgan fingerprint density at radius 2 is 1.32 bits per heavy atom. The zero-order chi connectivity index (χ0) is 23.0. The van der Waals surface area contributed by atoms with Crippen LogP contribution in [-0.4, -0.2) is 65.3 Å². The third-order valence-electron chi connectivity index (χ3n) is 5.02. The fraction of sp³-hybridized carbons (Fsp3) is 0.368. The molecule has 1 atom stereocenters. The normalized spacial score (nSPS) is 18.7. The van der Waals surface area contributed by atoms with Crippen LogP contribution < -0.4 is 9.47 Å². The second-order valence-electron chi connectivity index (χ2n) is 6.92. The summed E-state index contributed by atoms with van der Waals surface area (Å²) < 4.78 is 65.2. The van der Waals surface area contributed by atoms with E-state index in [1.54, 1.807) is 6.92 Å². The number of nitrogens with zero attached hydrogens (tertiary/aromatic N) is 2. The van der Waals surface area contributed by atoms with Gasteiger partial charge >= 0.3 is 0 Å². The molecule has 2 aromatic carbocycles. The number of rotatable bonds is 6. The number of benzene rings is 2. The van der Waals surface area contributed by atoms with Gasteiger partial charge in [0.15, 0.2) is 0 Å². The number of ether oxygens (including phenoxy) is 2. The van der Waals surface area contributed by atoms with Crippen molar-refractivity contribution in [2.75, 3.05) is 33.9 Å². The van der Waals surface area contributed by atoms with Gasteiger partial charge in [0.2, 0.25) is 20.0 Å². The highest BCUT2D eigenvalue weighted by molar-refractivity contribution is 7.89. The summed E-state index contributed by atoms with van der Waals surface area (Å²) in [4.78, 5) is 0.0547. The number of sulfonamides is 2. The first-order valence-electron chi connectivity index (χ1n) is 9.21. The van der Waals surface area contributed by atoms with Gasteiger partial charge < -0.3 is 9.47 Å². The van der Waals surface area contributed by atoms with Crippen LogP contribution in [0.4, 0.5) is 0 Å². The minimum atomic E-state index is -3.87. The number of hydrogen-bond acceptors (Lipinski definition) is 6. The number of methoxy groups -OCH3 is 2. The Bertz CT molecular complexity index is 1190. The third kappa shape index (κ3) is 4.64. The predicted octanol–water partition coefficient (Wildman–Crippen LogP) is 3.09. The van der Waals surface area contributed by atoms with E-state index in [1.165, 1.54) is 59.2 Å². The van der Waals surface area contributed by atoms with Crippen molar-refractivity contribution in [3.05, 3.63) is 46.4 Å². The smallest absolute Gasteiger partial charge is 0.243 e. The molecular weight excluding hydrogens is 487 g/mol. The molecular formula is C19H22Cl2N2O6S2. The van der Waals surface area contributed by atoms with Crippen LogP contribution in [-0.2, 0) is 20.0 Å². The van der Waals surface area contributed by atoms with Crippen molar-refractivity contribution >= 4 is 43.2 Å². The number of piperazine rings is 1. The molecule has 0 amide bonds. The lowest BCUT2D eigenvalue weighted by Gasteiger charge is -2.38. The van der Waals surface area contributed by atoms with Gasteiger partial charge in [0, 0.05) is 37.8 Å². The molecule has 31 heavy (non-hydrogen) atoms. The third-order valence-corrected chi connectivity index (χ3v) is 9.51. The van der Waals surface area contributed by atoms with Gasteiger partial charge in [-0.3, -0.25) is 0 Å². The summed E-state index contributed by atoms with van der Waals surface area (Å²) in [5, 5.41) is 0.591. The maximum absolute atomic E-state index is 13.2. The number of halogens is 2. The molecule has 0 bridgehead atoms. The molecule has 1 heterocycles. The zero-order valence-corrected chi connectivity index (χ0v) is 20.2. The van der Waals surface area contributed by atoms with E-state index < -0.39 is 26.1 Å². The highest BCUT2D eigenvalue weighted by atomic mass is 35.5. The molecule has 0 saturated carbocycles. The van der Waals surface area contributed by atoms with Crippen molar-refractivity contribution in [1.82, 2.24) is 8.61 Å². The second-order valence-corrected chi connectivity index (χ2v) is 11.6. The van der Waals surface area contributed by atoms with Gasteiger partial charge in [0.25, 0.3) is 0 Å². The highest BCUT2D eigenvalue weighted by Gasteiger charge is 2.38. The van der Waals surface area contributed by atoms with E-state index in [2.05, 4.69) is 0 Å². The summed E-state index contributed by atoms with van der Waals surface area (Å²) in [6, 6.07) is 7.81. The maximum atomic E-state index is 13.2. The molecule has 1 saturated heterocycles. The van der Waals surface area contributed by atoms with Gasteiger partial charge in [0.05, 0.1) is 34.1 Å². The molecule has 0 aromatic heterocycles. The summed E-state index contributed by atoms with van der Waals surface area (Å²) in [6.07, 6.45) is 0. The molecule has 0 radical (unpaired) electrons. The average Bonchev–Trinajstić information content (AvgIpc) is 2.73. The fourth-order valence-electron chi connectivity index (χ4n) is 3.37. The van der Waals surface area contributed by atoms with Gasteiger partial charge in [-0.2, -0.15) is 8.61 Å². The fourth-order valence-corrected chi connectivity index (χ4v) is 6.92. The zero-order valence-electron chi connectivity index (χ0n) is 17.1. The molecule has 1 fully saturated rings. The van der Waals surface area contributed by atoms with Crippen LogP contribution in [0.25, 0.3) is 0 Å². The standard InChI is InChI=1S/C19H22Cl2N2O6S2/c1-13-12-22(30(24,25)14-4-6-16(20)18(10-14)28-2)8-9-23(13)31(26,27)15-5-7-17(21)19(11-15)29-3/h4-7,10-11,13H,8-9,12H2,1-3H3. The first-order chi connectivity index (χ1) is 14.5. The molecule has 0 spiro atoms. The Balaban J connectivity index is 1.85. The monoisotopic (exact) mass is 508 g/mol. The van der Waals surface area contributed by atoms with E-state index in [4.69, 9.17) is 32.7 Å². The lowest BCUT2D eigenvalue weighted by Crippen LogP contribution is -2.55. The van der Waals surface area contributed by atoms with Gasteiger partial charge in [0.1, 0.15) is 11.5 Å². The molecule has 1 aliphatic heterocycles. The summed E-state index contributed by atoms with van der Waals surface area (Å²) in [7, 11) is -4.94. The SMILES string of the molecule is COc1cc(S(=O)(=O)N2CCN(S(=O)(=O)c3ccc(Cl)c(OC)c3)C(C)C2)ccc1Cl. The molecule has 1 aliphatic rings. The molecule has 12 heteroatoms. The van der Waals surface area contributed by atoms with Crippen LogP contribution >= 0.6 is 23.2 Å². The molecule has 8 nitrogen and oxygen atoms in total. The average molecular weight is 509 g/mol. The molecule has 0 aliphatic carbocycles. The maximum Gasteiger partial charge on any atom is 0.243 e. The van der Waals surface area contributed by atoms with Crippen molar-refractivity contribution < 1.29 is 26.3 Å². The van der Waals surface area contributed by atoms with Gasteiger partial charge in [-0.05, 0) is 31.2 Å². The van der Waals surface area contributed by atoms with Crippen LogP contribution in [0.3, 0.4) is 0 Å². The summed E-state index contributed by atoms with van der Waals surface area (Å²) in [6.45, 7) is 1.66. The van der Waals surface area contributed by atoms with E-state index >= 15 is 0 Å². The van der Waals surface area contributed by atoms with E-state index in [0.29, 0.717) is 10.0 Å². The topological polar surface area (TPSA) is 93.2 Å². The van der Waals surface area contributed by atoms with Crippen molar-refractivity contribution in [2.45, 2.75) is 22.8 Å². The van der Waals surface area contributed by atoms with Gasteiger partial charge in [-0.15, -0.1) is 0 Å². The molecule has 2 aromatic rings. The lowest BCUT2D eigenvalue weighted by molar-refractivity contribution is 0.212. The first-order valence-corrected chi connectivity index (χ1v) is 12.8. The van der Waals surface area contributed by atoms with Crippen LogP contribution in [0.2, 0.25) is 10.0 Å². The summed E-state index contributed by atoms with van der Waals surface area (Å²) >= 11 is 12.0. The van der Waals surface area contributed by atoms with Crippen molar-refractivity contribution in [1.29, 1.82) is 0 Å². The molecule has 0 N–H and O–H groups in total. The van der Waals surface area contributed by atoms with Crippen LogP contribution in [0.15, 0.2) is 46.2 Å². The second kappa shape index (κ2) is 9.13. The summed E-state index contributed by atoms with van der Waals surface area (Å²) in [5.41, 5.74) is 0. The first kappa shape index (κ1) is 24.1. The van der Waals surface area contributed by atoms with Gasteiger partial charge in [-0.1, -0.05) is 23.2 Å². The summed E-state index contributed by atoms with van der Waals surface area (Å²) in [5.74, 6) is 0.488. The van der Waals surface area contributed by atoms with Crippen LogP contribution in [0, 0.1) is 0 Å². The van der Waals surface area contributed by atoms with E-state index in [-0.39, 0.29) is 40.9 Å². The molecule has 1 unspecified atom stereocenters. The van der Waals surface area contributed by atoms with Crippen LogP contribution in [0.5, 0.6) is 11.5 Å². The van der Waals surface area contributed by atoms with Crippen molar-refractivity contribution in [3.63, 3.8) is 0 Å². The quantitative estimate of drug-likeness (QED) is 0.594. The van der Waals surface area contributed by atoms with Crippen molar-refractivity contribution in [3.8, 4) is 11.5 Å². The predicted molar refractivity (Wildman–Crippen MR) is 118 cm³/mol.